The van der Waals surface area contributed by atoms with Crippen molar-refractivity contribution in [2.24, 2.45) is 0 Å². The van der Waals surface area contributed by atoms with E-state index in [1.165, 1.54) is 26.4 Å². The number of phenols is 1. The molecule has 0 radical (unpaired) electrons. The number of hydrogen-bond donors (Lipinski definition) is 1. The molecule has 12 nitrogen and oxygen atoms in total. The predicted molar refractivity (Wildman–Crippen MR) is 150 cm³/mol. The standard InChI is InChI=1S/C30H32N2O10/c1-17-27(29(34)31-4-8-38-9-5-31)19-13-25(24(37-3)15-21(19)41-17)40-16-26-28(30(35)32-6-10-39-11-7-32)18-12-20(33)23(36-2)14-22(18)42-26/h12-15,33H,4-11,16H2,1-3H3. The van der Waals surface area contributed by atoms with E-state index >= 15 is 0 Å². The molecule has 222 valence electrons. The van der Waals surface area contributed by atoms with Crippen molar-refractivity contribution in [1.29, 1.82) is 0 Å². The van der Waals surface area contributed by atoms with Gasteiger partial charge in [0.05, 0.1) is 51.8 Å². The van der Waals surface area contributed by atoms with Gasteiger partial charge in [0, 0.05) is 49.1 Å². The van der Waals surface area contributed by atoms with E-state index in [4.69, 9.17) is 32.5 Å². The van der Waals surface area contributed by atoms with Crippen LogP contribution in [-0.4, -0.2) is 93.5 Å². The van der Waals surface area contributed by atoms with E-state index in [9.17, 15) is 14.7 Å². The fourth-order valence-electron chi connectivity index (χ4n) is 5.42. The van der Waals surface area contributed by atoms with Gasteiger partial charge in [0.15, 0.2) is 28.8 Å². The van der Waals surface area contributed by atoms with Crippen LogP contribution in [0.25, 0.3) is 21.9 Å². The van der Waals surface area contributed by atoms with Gasteiger partial charge < -0.3 is 47.4 Å². The first-order valence-electron chi connectivity index (χ1n) is 13.7. The third-order valence-electron chi connectivity index (χ3n) is 7.60. The van der Waals surface area contributed by atoms with E-state index in [1.807, 2.05) is 0 Å². The summed E-state index contributed by atoms with van der Waals surface area (Å²) in [6.45, 7) is 5.30. The van der Waals surface area contributed by atoms with Crippen molar-refractivity contribution in [2.75, 3.05) is 66.8 Å². The number of fused-ring (bicyclic) bond motifs is 2. The van der Waals surface area contributed by atoms with Crippen LogP contribution in [0.2, 0.25) is 0 Å². The molecule has 0 spiro atoms. The number of aryl methyl sites for hydroxylation is 1. The molecule has 42 heavy (non-hydrogen) atoms. The average Bonchev–Trinajstić information content (AvgIpc) is 3.54. The Morgan fingerprint density at radius 3 is 1.93 bits per heavy atom. The maximum atomic E-state index is 13.7. The fourth-order valence-corrected chi connectivity index (χ4v) is 5.42. The lowest BCUT2D eigenvalue weighted by Crippen LogP contribution is -2.41. The summed E-state index contributed by atoms with van der Waals surface area (Å²) in [5.74, 6) is 1.18. The van der Waals surface area contributed by atoms with Crippen LogP contribution < -0.4 is 14.2 Å². The van der Waals surface area contributed by atoms with Gasteiger partial charge in [0.2, 0.25) is 0 Å². The van der Waals surface area contributed by atoms with Crippen LogP contribution in [0.4, 0.5) is 0 Å². The molecule has 0 unspecified atom stereocenters. The highest BCUT2D eigenvalue weighted by molar-refractivity contribution is 6.09. The van der Waals surface area contributed by atoms with Gasteiger partial charge in [-0.05, 0) is 19.1 Å². The number of carbonyl (C=O) groups excluding carboxylic acids is 2. The summed E-state index contributed by atoms with van der Waals surface area (Å²) in [5.41, 5.74) is 1.59. The molecule has 1 N–H and O–H groups in total. The maximum Gasteiger partial charge on any atom is 0.258 e. The van der Waals surface area contributed by atoms with Crippen molar-refractivity contribution >= 4 is 33.8 Å². The second kappa shape index (κ2) is 11.5. The molecule has 2 aromatic carbocycles. The minimum atomic E-state index is -0.258. The van der Waals surface area contributed by atoms with Crippen molar-refractivity contribution in [1.82, 2.24) is 9.80 Å². The van der Waals surface area contributed by atoms with Gasteiger partial charge in [-0.15, -0.1) is 0 Å². The molecule has 2 amide bonds. The van der Waals surface area contributed by atoms with Crippen LogP contribution in [0.3, 0.4) is 0 Å². The molecule has 0 atom stereocenters. The van der Waals surface area contributed by atoms with Crippen LogP contribution in [0, 0.1) is 6.92 Å². The first kappa shape index (κ1) is 27.7. The molecular weight excluding hydrogens is 548 g/mol. The Kier molecular flexibility index (Phi) is 7.56. The quantitative estimate of drug-likeness (QED) is 0.345. The number of morpholine rings is 2. The number of furan rings is 2. The number of hydrogen-bond acceptors (Lipinski definition) is 10. The second-order valence-electron chi connectivity index (χ2n) is 10.1. The van der Waals surface area contributed by atoms with Gasteiger partial charge in [-0.2, -0.15) is 0 Å². The molecule has 4 aromatic rings. The summed E-state index contributed by atoms with van der Waals surface area (Å²) < 4.78 is 39.9. The zero-order valence-corrected chi connectivity index (χ0v) is 23.7. The van der Waals surface area contributed by atoms with Gasteiger partial charge in [0.1, 0.15) is 23.5 Å². The van der Waals surface area contributed by atoms with E-state index in [0.717, 1.165) is 0 Å². The third kappa shape index (κ3) is 4.96. The zero-order valence-electron chi connectivity index (χ0n) is 23.7. The predicted octanol–water partition coefficient (Wildman–Crippen LogP) is 3.73. The highest BCUT2D eigenvalue weighted by atomic mass is 16.5. The van der Waals surface area contributed by atoms with Crippen molar-refractivity contribution in [3.05, 3.63) is 46.9 Å². The molecule has 2 aliphatic heterocycles. The molecule has 0 aliphatic carbocycles. The van der Waals surface area contributed by atoms with Crippen LogP contribution in [-0.2, 0) is 16.1 Å². The Balaban J connectivity index is 1.37. The Hall–Kier alpha value is -4.42. The third-order valence-corrected chi connectivity index (χ3v) is 7.60. The Morgan fingerprint density at radius 1 is 0.762 bits per heavy atom. The summed E-state index contributed by atoms with van der Waals surface area (Å²) >= 11 is 0. The van der Waals surface area contributed by atoms with Gasteiger partial charge in [-0.3, -0.25) is 9.59 Å². The minimum absolute atomic E-state index is 0.116. The smallest absolute Gasteiger partial charge is 0.258 e. The SMILES string of the molecule is COc1cc2oc(COc3cc4c(C(=O)N5CCOCC5)c(C)oc4cc3OC)c(C(=O)N3CCOCC3)c2cc1O. The lowest BCUT2D eigenvalue weighted by Gasteiger charge is -2.27. The Labute approximate surface area is 241 Å². The van der Waals surface area contributed by atoms with Gasteiger partial charge in [-0.1, -0.05) is 0 Å². The first-order valence-corrected chi connectivity index (χ1v) is 13.7. The molecule has 6 rings (SSSR count). The van der Waals surface area contributed by atoms with E-state index in [1.54, 1.807) is 28.9 Å². The summed E-state index contributed by atoms with van der Waals surface area (Å²) in [7, 11) is 2.94. The lowest BCUT2D eigenvalue weighted by atomic mass is 10.1. The number of amides is 2. The molecule has 12 heteroatoms. The topological polar surface area (TPSA) is 133 Å². The molecule has 2 saturated heterocycles. The van der Waals surface area contributed by atoms with E-state index in [0.29, 0.717) is 97.4 Å². The number of rotatable bonds is 7. The number of carbonyl (C=O) groups is 2. The number of aromatic hydroxyl groups is 1. The van der Waals surface area contributed by atoms with Crippen LogP contribution >= 0.6 is 0 Å². The van der Waals surface area contributed by atoms with E-state index in [2.05, 4.69) is 0 Å². The van der Waals surface area contributed by atoms with Crippen molar-refractivity contribution < 1.29 is 47.2 Å². The number of nitrogens with zero attached hydrogens (tertiary/aromatic N) is 2. The minimum Gasteiger partial charge on any atom is -0.504 e. The molecule has 4 heterocycles. The highest BCUT2D eigenvalue weighted by Crippen LogP contribution is 2.40. The highest BCUT2D eigenvalue weighted by Gasteiger charge is 2.29. The first-order chi connectivity index (χ1) is 20.4. The maximum absolute atomic E-state index is 13.7. The number of benzene rings is 2. The van der Waals surface area contributed by atoms with Crippen molar-refractivity contribution in [3.8, 4) is 23.0 Å². The molecule has 2 fully saturated rings. The number of phenolic OH excluding ortho intramolecular Hbond substituents is 1. The van der Waals surface area contributed by atoms with E-state index < -0.39 is 0 Å². The second-order valence-corrected chi connectivity index (χ2v) is 10.1. The van der Waals surface area contributed by atoms with E-state index in [-0.39, 0.29) is 41.2 Å². The summed E-state index contributed by atoms with van der Waals surface area (Å²) in [6.07, 6.45) is 0. The molecule has 2 aromatic heterocycles. The number of methoxy groups -OCH3 is 2. The lowest BCUT2D eigenvalue weighted by molar-refractivity contribution is 0.0300. The molecule has 0 saturated carbocycles. The van der Waals surface area contributed by atoms with Gasteiger partial charge in [0.25, 0.3) is 11.8 Å². The van der Waals surface area contributed by atoms with Crippen LogP contribution in [0.15, 0.2) is 33.1 Å². The summed E-state index contributed by atoms with van der Waals surface area (Å²) in [5, 5.41) is 11.5. The zero-order chi connectivity index (χ0) is 29.4. The monoisotopic (exact) mass is 580 g/mol. The Bertz CT molecular complexity index is 1640. The molecular formula is C30H32N2O10. The summed E-state index contributed by atoms with van der Waals surface area (Å²) in [6, 6.07) is 6.38. The van der Waals surface area contributed by atoms with Gasteiger partial charge >= 0.3 is 0 Å². The molecule has 0 bridgehead atoms. The van der Waals surface area contributed by atoms with Crippen molar-refractivity contribution in [3.63, 3.8) is 0 Å². The van der Waals surface area contributed by atoms with Crippen molar-refractivity contribution in [2.45, 2.75) is 13.5 Å². The van der Waals surface area contributed by atoms with Gasteiger partial charge in [-0.25, -0.2) is 0 Å². The number of ether oxygens (including phenoxy) is 5. The normalized spacial score (nSPS) is 15.8. The van der Waals surface area contributed by atoms with Crippen LogP contribution in [0.1, 0.15) is 32.2 Å². The van der Waals surface area contributed by atoms with Crippen LogP contribution in [0.5, 0.6) is 23.0 Å². The summed E-state index contributed by atoms with van der Waals surface area (Å²) in [4.78, 5) is 30.6. The molecule has 2 aliphatic rings. The average molecular weight is 581 g/mol. The largest absolute Gasteiger partial charge is 0.504 e. The fraction of sp³-hybridized carbons (Fsp3) is 0.400. The Morgan fingerprint density at radius 2 is 1.31 bits per heavy atom.